The van der Waals surface area contributed by atoms with Crippen molar-refractivity contribution in [1.82, 2.24) is 0 Å². The zero-order chi connectivity index (χ0) is 12.8. The Bertz CT molecular complexity index is 509. The average Bonchev–Trinajstić information content (AvgIpc) is 2.92. The molecule has 0 saturated heterocycles. The second-order valence-corrected chi connectivity index (χ2v) is 3.82. The topological polar surface area (TPSA) is 29.4 Å². The molecule has 1 aromatic rings. The predicted octanol–water partition coefficient (Wildman–Crippen LogP) is 3.41. The van der Waals surface area contributed by atoms with E-state index in [2.05, 4.69) is 22.4 Å². The van der Waals surface area contributed by atoms with Gasteiger partial charge in [0.2, 0.25) is 0 Å². The molecule has 2 rings (SSSR count). The number of carbonyl (C=O) groups excluding carboxylic acids is 1. The van der Waals surface area contributed by atoms with E-state index >= 15 is 0 Å². The summed E-state index contributed by atoms with van der Waals surface area (Å²) in [6.07, 6.45) is 10.5. The van der Waals surface area contributed by atoms with Crippen LogP contribution in [-0.4, -0.2) is 10.9 Å². The number of benzene rings is 1. The maximum Gasteiger partial charge on any atom is 0.163 e. The van der Waals surface area contributed by atoms with Gasteiger partial charge in [-0.25, -0.2) is 0 Å². The second kappa shape index (κ2) is 6.39. The molecule has 1 saturated carbocycles. The van der Waals surface area contributed by atoms with E-state index in [-0.39, 0.29) is 5.78 Å². The fraction of sp³-hybridized carbons (Fsp3) is 0. The number of nitrogens with zero attached hydrogens (tertiary/aromatic N) is 1. The van der Waals surface area contributed by atoms with Crippen LogP contribution in [-0.2, 0) is 4.79 Å². The van der Waals surface area contributed by atoms with Gasteiger partial charge in [-0.05, 0) is 56.1 Å². The van der Waals surface area contributed by atoms with E-state index in [0.29, 0.717) is 11.6 Å². The predicted molar refractivity (Wildman–Crippen MR) is 75.6 cm³/mol. The first kappa shape index (κ1) is 12.9. The van der Waals surface area contributed by atoms with Crippen LogP contribution < -0.4 is 0 Å². The smallest absolute Gasteiger partial charge is 0.163 e. The van der Waals surface area contributed by atoms with Crippen molar-refractivity contribution in [2.45, 2.75) is 0 Å². The lowest BCUT2D eigenvalue weighted by molar-refractivity contribution is -0.112. The number of para-hydroxylation sites is 1. The van der Waals surface area contributed by atoms with Crippen molar-refractivity contribution in [2.75, 3.05) is 0 Å². The molecule has 0 aromatic heterocycles. The number of isothiocyanates is 1. The van der Waals surface area contributed by atoms with Gasteiger partial charge in [0.25, 0.3) is 0 Å². The first-order valence-corrected chi connectivity index (χ1v) is 5.83. The lowest BCUT2D eigenvalue weighted by Crippen LogP contribution is -2.05. The maximum absolute atomic E-state index is 11.8. The van der Waals surface area contributed by atoms with Gasteiger partial charge in [0.15, 0.2) is 5.78 Å². The number of rotatable bonds is 4. The van der Waals surface area contributed by atoms with Crippen LogP contribution in [0.25, 0.3) is 6.08 Å². The van der Waals surface area contributed by atoms with Gasteiger partial charge in [-0.2, -0.15) is 4.99 Å². The molecular formula is C15H10NOS. The molecule has 2 nitrogen and oxygen atoms in total. The number of carbonyl (C=O) groups is 1. The Balaban J connectivity index is 2.12. The van der Waals surface area contributed by atoms with E-state index in [1.165, 1.54) is 6.08 Å². The highest BCUT2D eigenvalue weighted by atomic mass is 32.1. The molecule has 1 aromatic carbocycles. The highest BCUT2D eigenvalue weighted by Gasteiger charge is 2.22. The summed E-state index contributed by atoms with van der Waals surface area (Å²) < 4.78 is 0. The van der Waals surface area contributed by atoms with E-state index < -0.39 is 0 Å². The molecule has 0 bridgehead atoms. The minimum atomic E-state index is -0.0267. The van der Waals surface area contributed by atoms with E-state index in [0.717, 1.165) is 5.56 Å². The number of allylic oxidation sites excluding steroid dienone is 1. The summed E-state index contributed by atoms with van der Waals surface area (Å²) >= 11 is 4.59. The standard InChI is InChI=1S/C15H10NOS/c17-15(13-6-1-2-7-13)10-9-12-5-3-4-8-14(12)16-11-18/h1-10H/b10-9+. The van der Waals surface area contributed by atoms with Crippen LogP contribution in [0.3, 0.4) is 0 Å². The molecule has 0 amide bonds. The maximum atomic E-state index is 11.8. The number of hydrogen-bond donors (Lipinski definition) is 0. The monoisotopic (exact) mass is 252 g/mol. The van der Waals surface area contributed by atoms with Crippen LogP contribution in [0.1, 0.15) is 5.56 Å². The van der Waals surface area contributed by atoms with Gasteiger partial charge in [0.05, 0.1) is 16.8 Å². The van der Waals surface area contributed by atoms with Crippen LogP contribution in [0.4, 0.5) is 5.69 Å². The first-order valence-electron chi connectivity index (χ1n) is 5.42. The SMILES string of the molecule is O=C(/C=C/c1ccccc1N=C=S)[C]1[CH][CH][CH][CH]1. The highest BCUT2D eigenvalue weighted by molar-refractivity contribution is 7.78. The van der Waals surface area contributed by atoms with Crippen LogP contribution in [0.5, 0.6) is 0 Å². The largest absolute Gasteiger partial charge is 0.294 e. The van der Waals surface area contributed by atoms with Crippen molar-refractivity contribution >= 4 is 34.9 Å². The Kier molecular flexibility index (Phi) is 4.57. The molecule has 0 unspecified atom stereocenters. The van der Waals surface area contributed by atoms with Crippen LogP contribution >= 0.6 is 12.2 Å². The zero-order valence-corrected chi connectivity index (χ0v) is 10.4. The number of ketones is 1. The quantitative estimate of drug-likeness (QED) is 0.467. The number of hydrogen-bond acceptors (Lipinski definition) is 3. The van der Waals surface area contributed by atoms with Gasteiger partial charge in [0.1, 0.15) is 0 Å². The van der Waals surface area contributed by atoms with E-state index in [4.69, 9.17) is 0 Å². The van der Waals surface area contributed by atoms with E-state index in [1.54, 1.807) is 18.9 Å². The van der Waals surface area contributed by atoms with Crippen molar-refractivity contribution in [2.24, 2.45) is 4.99 Å². The lowest BCUT2D eigenvalue weighted by atomic mass is 10.0. The highest BCUT2D eigenvalue weighted by Crippen LogP contribution is 2.25. The number of aliphatic imine (C=N–C) groups is 1. The van der Waals surface area contributed by atoms with Crippen molar-refractivity contribution in [3.63, 3.8) is 0 Å². The van der Waals surface area contributed by atoms with Crippen LogP contribution in [0.2, 0.25) is 0 Å². The Labute approximate surface area is 112 Å². The molecule has 1 fully saturated rings. The molecule has 0 atom stereocenters. The second-order valence-electron chi connectivity index (χ2n) is 3.63. The molecular weight excluding hydrogens is 242 g/mol. The Hall–Kier alpha value is -1.57. The summed E-state index contributed by atoms with van der Waals surface area (Å²) in [5.41, 5.74) is 1.55. The van der Waals surface area contributed by atoms with Crippen LogP contribution in [0, 0.1) is 31.6 Å². The molecule has 18 heavy (non-hydrogen) atoms. The van der Waals surface area contributed by atoms with Crippen molar-refractivity contribution in [3.8, 4) is 0 Å². The Morgan fingerprint density at radius 2 is 1.94 bits per heavy atom. The molecule has 3 heteroatoms. The average molecular weight is 252 g/mol. The minimum absolute atomic E-state index is 0.0267. The summed E-state index contributed by atoms with van der Waals surface area (Å²) in [5, 5.41) is 2.33. The summed E-state index contributed by atoms with van der Waals surface area (Å²) in [7, 11) is 0. The Morgan fingerprint density at radius 3 is 2.67 bits per heavy atom. The lowest BCUT2D eigenvalue weighted by Gasteiger charge is -2.01. The van der Waals surface area contributed by atoms with Crippen LogP contribution in [0.15, 0.2) is 35.3 Å². The van der Waals surface area contributed by atoms with Crippen molar-refractivity contribution < 1.29 is 4.79 Å². The minimum Gasteiger partial charge on any atom is -0.294 e. The fourth-order valence-electron chi connectivity index (χ4n) is 1.58. The molecule has 0 heterocycles. The molecule has 87 valence electrons. The van der Waals surface area contributed by atoms with E-state index in [9.17, 15) is 4.79 Å². The van der Waals surface area contributed by atoms with Gasteiger partial charge < -0.3 is 0 Å². The zero-order valence-electron chi connectivity index (χ0n) is 9.54. The van der Waals surface area contributed by atoms with E-state index in [1.807, 2.05) is 37.1 Å². The van der Waals surface area contributed by atoms with Gasteiger partial charge in [-0.15, -0.1) is 0 Å². The molecule has 0 aliphatic heterocycles. The van der Waals surface area contributed by atoms with Gasteiger partial charge in [0, 0.05) is 5.56 Å². The normalized spacial score (nSPS) is 15.8. The third kappa shape index (κ3) is 3.22. The molecule has 1 aliphatic rings. The molecule has 5 radical (unpaired) electrons. The van der Waals surface area contributed by atoms with Gasteiger partial charge in [-0.1, -0.05) is 18.2 Å². The van der Waals surface area contributed by atoms with Crippen molar-refractivity contribution in [3.05, 3.63) is 67.5 Å². The molecule has 0 N–H and O–H groups in total. The van der Waals surface area contributed by atoms with Crippen molar-refractivity contribution in [1.29, 1.82) is 0 Å². The fourth-order valence-corrected chi connectivity index (χ4v) is 1.68. The molecule has 1 aliphatic carbocycles. The summed E-state index contributed by atoms with van der Waals surface area (Å²) in [6, 6.07) is 7.45. The third-order valence-electron chi connectivity index (χ3n) is 2.46. The van der Waals surface area contributed by atoms with Gasteiger partial charge >= 0.3 is 0 Å². The summed E-state index contributed by atoms with van der Waals surface area (Å²) in [5.74, 6) is 0.656. The molecule has 0 spiro atoms. The summed E-state index contributed by atoms with van der Waals surface area (Å²) in [4.78, 5) is 15.7. The third-order valence-corrected chi connectivity index (χ3v) is 2.56. The first-order chi connectivity index (χ1) is 8.81. The summed E-state index contributed by atoms with van der Waals surface area (Å²) in [6.45, 7) is 0. The Morgan fingerprint density at radius 1 is 1.22 bits per heavy atom. The number of thiocarbonyl (C=S) groups is 1. The van der Waals surface area contributed by atoms with Gasteiger partial charge in [-0.3, -0.25) is 4.79 Å².